The molecule has 0 aliphatic carbocycles. The number of nitrogens with zero attached hydrogens (tertiary/aromatic N) is 2. The number of benzene rings is 2. The summed E-state index contributed by atoms with van der Waals surface area (Å²) in [5.41, 5.74) is 3.95. The number of ketones is 1. The van der Waals surface area contributed by atoms with E-state index in [0.717, 1.165) is 27.1 Å². The van der Waals surface area contributed by atoms with Crippen molar-refractivity contribution in [2.45, 2.75) is 27.3 Å². The summed E-state index contributed by atoms with van der Waals surface area (Å²) in [5.74, 6) is -0.480. The van der Waals surface area contributed by atoms with Crippen molar-refractivity contribution >= 4 is 27.3 Å². The molecule has 2 aromatic carbocycles. The Balaban J connectivity index is 1.78. The molecule has 0 saturated carbocycles. The van der Waals surface area contributed by atoms with Gasteiger partial charge in [-0.25, -0.2) is 9.37 Å². The highest BCUT2D eigenvalue weighted by Gasteiger charge is 2.18. The summed E-state index contributed by atoms with van der Waals surface area (Å²) in [7, 11) is 0. The van der Waals surface area contributed by atoms with Crippen LogP contribution in [-0.2, 0) is 6.54 Å². The van der Waals surface area contributed by atoms with E-state index in [0.29, 0.717) is 15.8 Å². The molecule has 0 amide bonds. The van der Waals surface area contributed by atoms with Crippen LogP contribution in [-0.4, -0.2) is 15.3 Å². The van der Waals surface area contributed by atoms with E-state index >= 15 is 0 Å². The van der Waals surface area contributed by atoms with Gasteiger partial charge >= 0.3 is 0 Å². The number of thiophene rings is 1. The average molecular weight is 406 g/mol. The van der Waals surface area contributed by atoms with Gasteiger partial charge in [-0.05, 0) is 55.7 Å². The van der Waals surface area contributed by atoms with Gasteiger partial charge in [-0.15, -0.1) is 11.3 Å². The summed E-state index contributed by atoms with van der Waals surface area (Å²) < 4.78 is 14.7. The smallest absolute Gasteiger partial charge is 0.263 e. The van der Waals surface area contributed by atoms with Gasteiger partial charge in [-0.3, -0.25) is 14.2 Å². The Morgan fingerprint density at radius 3 is 2.48 bits per heavy atom. The van der Waals surface area contributed by atoms with E-state index < -0.39 is 0 Å². The van der Waals surface area contributed by atoms with E-state index in [9.17, 15) is 14.0 Å². The number of carbonyl (C=O) groups is 1. The molecule has 146 valence electrons. The fourth-order valence-corrected chi connectivity index (χ4v) is 4.38. The van der Waals surface area contributed by atoms with Crippen LogP contribution in [0.5, 0.6) is 0 Å². The molecule has 6 heteroatoms. The van der Waals surface area contributed by atoms with Crippen molar-refractivity contribution in [3.05, 3.63) is 86.5 Å². The van der Waals surface area contributed by atoms with E-state index in [1.807, 2.05) is 32.9 Å². The lowest BCUT2D eigenvalue weighted by Crippen LogP contribution is -2.24. The summed E-state index contributed by atoms with van der Waals surface area (Å²) in [5, 5.41) is 0.467. The Morgan fingerprint density at radius 2 is 1.79 bits per heavy atom. The van der Waals surface area contributed by atoms with Gasteiger partial charge in [0.05, 0.1) is 18.3 Å². The number of Topliss-reactive ketones (excluding diaryl/α,β-unsaturated/α-hetero) is 1. The van der Waals surface area contributed by atoms with Crippen LogP contribution in [0.4, 0.5) is 4.39 Å². The number of fused-ring (bicyclic) bond motifs is 1. The van der Waals surface area contributed by atoms with Gasteiger partial charge in [0.2, 0.25) is 0 Å². The summed E-state index contributed by atoms with van der Waals surface area (Å²) in [4.78, 5) is 31.9. The number of aryl methyl sites for hydroxylation is 3. The van der Waals surface area contributed by atoms with Crippen molar-refractivity contribution in [1.29, 1.82) is 0 Å². The lowest BCUT2D eigenvalue weighted by atomic mass is 10.0. The molecule has 0 aliphatic heterocycles. The van der Waals surface area contributed by atoms with Crippen LogP contribution in [0.3, 0.4) is 0 Å². The molecule has 0 spiro atoms. The average Bonchev–Trinajstić information content (AvgIpc) is 3.03. The second-order valence-electron chi connectivity index (χ2n) is 7.12. The number of hydrogen-bond donors (Lipinski definition) is 0. The zero-order valence-electron chi connectivity index (χ0n) is 16.3. The first-order valence-corrected chi connectivity index (χ1v) is 10.0. The largest absolute Gasteiger partial charge is 0.292 e. The predicted octanol–water partition coefficient (Wildman–Crippen LogP) is 5.07. The molecule has 0 atom stereocenters. The first kappa shape index (κ1) is 19.2. The van der Waals surface area contributed by atoms with Gasteiger partial charge in [0.25, 0.3) is 5.56 Å². The third-order valence-electron chi connectivity index (χ3n) is 5.13. The SMILES string of the molecule is Cc1ccc(C(=O)Cn2cnc3sc(C)c(-c4ccc(F)cc4)c3c2=O)cc1C. The Morgan fingerprint density at radius 1 is 1.07 bits per heavy atom. The standard InChI is InChI=1S/C23H19FN2O2S/c1-13-4-5-17(10-14(13)2)19(27)11-26-12-25-22-21(23(26)28)20(15(3)29-22)16-6-8-18(24)9-7-16/h4-10,12H,11H2,1-3H3. The van der Waals surface area contributed by atoms with Crippen LogP contribution >= 0.6 is 11.3 Å². The molecule has 0 saturated heterocycles. The molecule has 2 aromatic heterocycles. The second-order valence-corrected chi connectivity index (χ2v) is 8.32. The summed E-state index contributed by atoms with van der Waals surface area (Å²) in [6.45, 7) is 5.77. The minimum atomic E-state index is -0.333. The third kappa shape index (κ3) is 3.51. The summed E-state index contributed by atoms with van der Waals surface area (Å²) >= 11 is 1.42. The third-order valence-corrected chi connectivity index (χ3v) is 6.14. The van der Waals surface area contributed by atoms with Crippen molar-refractivity contribution < 1.29 is 9.18 Å². The maximum atomic E-state index is 13.3. The van der Waals surface area contributed by atoms with Crippen molar-refractivity contribution in [3.8, 4) is 11.1 Å². The maximum absolute atomic E-state index is 13.3. The van der Waals surface area contributed by atoms with E-state index in [1.54, 1.807) is 18.2 Å². The van der Waals surface area contributed by atoms with Gasteiger partial charge in [0.1, 0.15) is 10.6 Å². The first-order valence-electron chi connectivity index (χ1n) is 9.20. The van der Waals surface area contributed by atoms with Crippen molar-refractivity contribution in [1.82, 2.24) is 9.55 Å². The van der Waals surface area contributed by atoms with Crippen LogP contribution in [0.25, 0.3) is 21.3 Å². The number of aromatic nitrogens is 2. The molecule has 4 nitrogen and oxygen atoms in total. The monoisotopic (exact) mass is 406 g/mol. The number of rotatable bonds is 4. The molecule has 4 aromatic rings. The Kier molecular flexibility index (Phi) is 4.88. The Labute approximate surface area is 171 Å². The molecule has 4 rings (SSSR count). The molecule has 0 bridgehead atoms. The van der Waals surface area contributed by atoms with E-state index in [4.69, 9.17) is 0 Å². The Bertz CT molecular complexity index is 1300. The van der Waals surface area contributed by atoms with Crippen LogP contribution in [0.1, 0.15) is 26.4 Å². The molecule has 0 aliphatic rings. The molecule has 0 unspecified atom stereocenters. The van der Waals surface area contributed by atoms with Gasteiger partial charge in [0.15, 0.2) is 5.78 Å². The molecule has 2 heterocycles. The highest BCUT2D eigenvalue weighted by molar-refractivity contribution is 7.19. The zero-order valence-corrected chi connectivity index (χ0v) is 17.1. The molecule has 29 heavy (non-hydrogen) atoms. The summed E-state index contributed by atoms with van der Waals surface area (Å²) in [6.07, 6.45) is 1.42. The van der Waals surface area contributed by atoms with Gasteiger partial charge in [0, 0.05) is 16.0 Å². The fraction of sp³-hybridized carbons (Fsp3) is 0.174. The van der Waals surface area contributed by atoms with E-state index in [1.165, 1.54) is 34.4 Å². The lowest BCUT2D eigenvalue weighted by molar-refractivity contribution is 0.0970. The quantitative estimate of drug-likeness (QED) is 0.445. The Hall–Kier alpha value is -3.12. The highest BCUT2D eigenvalue weighted by Crippen LogP contribution is 2.35. The fourth-order valence-electron chi connectivity index (χ4n) is 3.38. The van der Waals surface area contributed by atoms with Crippen molar-refractivity contribution in [2.75, 3.05) is 0 Å². The van der Waals surface area contributed by atoms with Crippen molar-refractivity contribution in [3.63, 3.8) is 0 Å². The predicted molar refractivity (Wildman–Crippen MR) is 114 cm³/mol. The molecule has 0 radical (unpaired) electrons. The molecular formula is C23H19FN2O2S. The molecular weight excluding hydrogens is 387 g/mol. The van der Waals surface area contributed by atoms with Gasteiger partial charge in [-0.2, -0.15) is 0 Å². The van der Waals surface area contributed by atoms with Crippen LogP contribution in [0.2, 0.25) is 0 Å². The normalized spacial score (nSPS) is 11.2. The molecule has 0 N–H and O–H groups in total. The first-order chi connectivity index (χ1) is 13.8. The van der Waals surface area contributed by atoms with Crippen LogP contribution in [0.15, 0.2) is 53.6 Å². The lowest BCUT2D eigenvalue weighted by Gasteiger charge is -2.08. The van der Waals surface area contributed by atoms with E-state index in [-0.39, 0.29) is 23.7 Å². The number of halogens is 1. The topological polar surface area (TPSA) is 52.0 Å². The minimum Gasteiger partial charge on any atom is -0.292 e. The van der Waals surface area contributed by atoms with Gasteiger partial charge < -0.3 is 0 Å². The second kappa shape index (κ2) is 7.37. The van der Waals surface area contributed by atoms with Crippen LogP contribution < -0.4 is 5.56 Å². The summed E-state index contributed by atoms with van der Waals surface area (Å²) in [6, 6.07) is 11.6. The van der Waals surface area contributed by atoms with Gasteiger partial charge in [-0.1, -0.05) is 24.3 Å². The maximum Gasteiger partial charge on any atom is 0.263 e. The van der Waals surface area contributed by atoms with Crippen LogP contribution in [0, 0.1) is 26.6 Å². The number of carbonyl (C=O) groups excluding carboxylic acids is 1. The number of hydrogen-bond acceptors (Lipinski definition) is 4. The van der Waals surface area contributed by atoms with Crippen molar-refractivity contribution in [2.24, 2.45) is 0 Å². The molecule has 0 fully saturated rings. The zero-order chi connectivity index (χ0) is 20.7. The minimum absolute atomic E-state index is 0.0813. The highest BCUT2D eigenvalue weighted by atomic mass is 32.1. The van der Waals surface area contributed by atoms with E-state index in [2.05, 4.69) is 4.98 Å².